The summed E-state index contributed by atoms with van der Waals surface area (Å²) in [6, 6.07) is 13.2. The van der Waals surface area contributed by atoms with Gasteiger partial charge >= 0.3 is 5.97 Å². The minimum absolute atomic E-state index is 0.0235. The summed E-state index contributed by atoms with van der Waals surface area (Å²) in [5, 5.41) is 14.6. The number of ether oxygens (including phenoxy) is 1. The summed E-state index contributed by atoms with van der Waals surface area (Å²) in [4.78, 5) is 11.0. The Kier molecular flexibility index (Phi) is 5.68. The highest BCUT2D eigenvalue weighted by Crippen LogP contribution is 2.27. The van der Waals surface area contributed by atoms with Gasteiger partial charge in [0.25, 0.3) is 0 Å². The van der Waals surface area contributed by atoms with Gasteiger partial charge in [0.1, 0.15) is 12.4 Å². The number of aliphatic carboxylic acids is 1. The van der Waals surface area contributed by atoms with Crippen LogP contribution < -0.4 is 4.74 Å². The van der Waals surface area contributed by atoms with Crippen LogP contribution in [0.15, 0.2) is 42.5 Å². The Hall–Kier alpha value is -2.97. The van der Waals surface area contributed by atoms with Gasteiger partial charge in [-0.25, -0.2) is 0 Å². The molecule has 1 heterocycles. The topological polar surface area (TPSA) is 64.3 Å². The Morgan fingerprint density at radius 3 is 2.70 bits per heavy atom. The maximum Gasteiger partial charge on any atom is 0.304 e. The number of benzene rings is 2. The molecule has 5 nitrogen and oxygen atoms in total. The molecule has 0 bridgehead atoms. The van der Waals surface area contributed by atoms with Gasteiger partial charge in [0, 0.05) is 18.0 Å². The van der Waals surface area contributed by atoms with Crippen LogP contribution in [-0.2, 0) is 18.4 Å². The van der Waals surface area contributed by atoms with Crippen LogP contribution in [-0.4, -0.2) is 20.9 Å². The summed E-state index contributed by atoms with van der Waals surface area (Å²) in [5.74, 6) is 5.24. The molecule has 3 aromatic rings. The van der Waals surface area contributed by atoms with Crippen LogP contribution in [0, 0.1) is 11.8 Å². The smallest absolute Gasteiger partial charge is 0.304 e. The predicted octanol–water partition coefficient (Wildman–Crippen LogP) is 4.39. The summed E-state index contributed by atoms with van der Waals surface area (Å²) in [7, 11) is 1.85. The van der Waals surface area contributed by atoms with Gasteiger partial charge in [-0.1, -0.05) is 41.8 Å². The van der Waals surface area contributed by atoms with Crippen LogP contribution in [0.3, 0.4) is 0 Å². The lowest BCUT2D eigenvalue weighted by Crippen LogP contribution is -2.05. The fourth-order valence-corrected chi connectivity index (χ4v) is 3.32. The van der Waals surface area contributed by atoms with Crippen molar-refractivity contribution in [3.8, 4) is 17.6 Å². The van der Waals surface area contributed by atoms with Gasteiger partial charge in [-0.05, 0) is 30.7 Å². The summed E-state index contributed by atoms with van der Waals surface area (Å²) in [6.07, 6.45) is -0.0235. The molecule has 0 saturated heterocycles. The fourth-order valence-electron chi connectivity index (χ4n) is 3.05. The first kappa shape index (κ1) is 18.8. The Labute approximate surface area is 162 Å². The Morgan fingerprint density at radius 2 is 2.04 bits per heavy atom. The lowest BCUT2D eigenvalue weighted by molar-refractivity contribution is -0.137. The second-order valence-corrected chi connectivity index (χ2v) is 6.49. The van der Waals surface area contributed by atoms with Gasteiger partial charge < -0.3 is 9.84 Å². The molecule has 27 heavy (non-hydrogen) atoms. The summed E-state index contributed by atoms with van der Waals surface area (Å²) in [5.41, 5.74) is 2.79. The first-order chi connectivity index (χ1) is 13.0. The quantitative estimate of drug-likeness (QED) is 0.642. The number of fused-ring (bicyclic) bond motifs is 1. The Morgan fingerprint density at radius 1 is 1.30 bits per heavy atom. The monoisotopic (exact) mass is 382 g/mol. The third kappa shape index (κ3) is 4.24. The molecule has 3 rings (SSSR count). The maximum absolute atomic E-state index is 11.0. The number of aryl methyl sites for hydroxylation is 1. The molecule has 0 spiro atoms. The Bertz CT molecular complexity index is 1030. The molecule has 0 aliphatic rings. The minimum atomic E-state index is -0.869. The molecule has 0 unspecified atom stereocenters. The summed E-state index contributed by atoms with van der Waals surface area (Å²) < 4.78 is 7.65. The lowest BCUT2D eigenvalue weighted by atomic mass is 9.96. The molecular formula is C21H19ClN2O3. The first-order valence-electron chi connectivity index (χ1n) is 8.46. The van der Waals surface area contributed by atoms with E-state index in [1.165, 1.54) is 0 Å². The van der Waals surface area contributed by atoms with Crippen LogP contribution in [0.2, 0.25) is 5.15 Å². The zero-order valence-corrected chi connectivity index (χ0v) is 15.8. The highest BCUT2D eigenvalue weighted by Gasteiger charge is 2.14. The molecule has 1 N–H and O–H groups in total. The molecule has 0 radical (unpaired) electrons. The molecule has 1 aromatic heterocycles. The lowest BCUT2D eigenvalue weighted by Gasteiger charge is -2.11. The normalized spacial score (nSPS) is 11.7. The molecule has 2 aromatic carbocycles. The van der Waals surface area contributed by atoms with E-state index in [1.54, 1.807) is 11.6 Å². The number of para-hydroxylation sites is 1. The predicted molar refractivity (Wildman–Crippen MR) is 105 cm³/mol. The van der Waals surface area contributed by atoms with Crippen molar-refractivity contribution in [1.82, 2.24) is 9.78 Å². The van der Waals surface area contributed by atoms with Crippen LogP contribution >= 0.6 is 11.6 Å². The number of aromatic nitrogens is 2. The van der Waals surface area contributed by atoms with Gasteiger partial charge in [-0.2, -0.15) is 5.10 Å². The zero-order chi connectivity index (χ0) is 19.4. The molecule has 0 amide bonds. The van der Waals surface area contributed by atoms with Crippen molar-refractivity contribution in [2.24, 2.45) is 7.05 Å². The number of nitrogens with zero attached hydrogens (tertiary/aromatic N) is 2. The minimum Gasteiger partial charge on any atom is -0.489 e. The van der Waals surface area contributed by atoms with Crippen molar-refractivity contribution >= 4 is 28.5 Å². The second-order valence-electron chi connectivity index (χ2n) is 6.13. The van der Waals surface area contributed by atoms with E-state index in [0.29, 0.717) is 17.5 Å². The number of hydrogen-bond donors (Lipinski definition) is 1. The molecule has 1 atom stereocenters. The van der Waals surface area contributed by atoms with Crippen molar-refractivity contribution in [2.45, 2.75) is 25.9 Å². The van der Waals surface area contributed by atoms with Crippen LogP contribution in [0.4, 0.5) is 0 Å². The molecular weight excluding hydrogens is 364 g/mol. The van der Waals surface area contributed by atoms with E-state index in [-0.39, 0.29) is 12.3 Å². The van der Waals surface area contributed by atoms with Gasteiger partial charge in [-0.3, -0.25) is 9.48 Å². The van der Waals surface area contributed by atoms with E-state index >= 15 is 0 Å². The van der Waals surface area contributed by atoms with E-state index in [2.05, 4.69) is 16.9 Å². The van der Waals surface area contributed by atoms with Crippen molar-refractivity contribution in [1.29, 1.82) is 0 Å². The number of halogens is 1. The number of carboxylic acids is 1. The average Bonchev–Trinajstić information content (AvgIpc) is 2.94. The third-order valence-electron chi connectivity index (χ3n) is 4.28. The zero-order valence-electron chi connectivity index (χ0n) is 15.1. The molecule has 138 valence electrons. The number of carbonyl (C=O) groups is 1. The molecule has 6 heteroatoms. The van der Waals surface area contributed by atoms with E-state index in [0.717, 1.165) is 22.0 Å². The van der Waals surface area contributed by atoms with Gasteiger partial charge in [0.2, 0.25) is 0 Å². The van der Waals surface area contributed by atoms with Crippen molar-refractivity contribution in [3.63, 3.8) is 0 Å². The average molecular weight is 383 g/mol. The van der Waals surface area contributed by atoms with Crippen molar-refractivity contribution in [3.05, 3.63) is 58.7 Å². The standard InChI is InChI=1S/C21H19ClN2O3/c1-3-5-15(12-19(25)26)14-8-10-17(11-9-14)27-13-16-6-4-7-18-20(16)24(2)23-21(18)22/h4,6-11,15H,12-13H2,1-2H3,(H,25,26)/t15-/m0/s1. The van der Waals surface area contributed by atoms with Crippen molar-refractivity contribution in [2.75, 3.05) is 0 Å². The van der Waals surface area contributed by atoms with E-state index in [4.69, 9.17) is 21.4 Å². The SMILES string of the molecule is CC#C[C@@H](CC(=O)O)c1ccc(OCc2cccc3c(Cl)nn(C)c23)cc1. The van der Waals surface area contributed by atoms with E-state index in [9.17, 15) is 4.79 Å². The largest absolute Gasteiger partial charge is 0.489 e. The number of hydrogen-bond acceptors (Lipinski definition) is 3. The van der Waals surface area contributed by atoms with Crippen LogP contribution in [0.1, 0.15) is 30.4 Å². The highest BCUT2D eigenvalue weighted by atomic mass is 35.5. The van der Waals surface area contributed by atoms with Crippen molar-refractivity contribution < 1.29 is 14.6 Å². The molecule has 0 aliphatic carbocycles. The Balaban J connectivity index is 1.76. The first-order valence-corrected chi connectivity index (χ1v) is 8.84. The van der Waals surface area contributed by atoms with Gasteiger partial charge in [-0.15, -0.1) is 5.92 Å². The van der Waals surface area contributed by atoms with Crippen LogP contribution in [0.25, 0.3) is 10.9 Å². The number of rotatable bonds is 6. The van der Waals surface area contributed by atoms with E-state index in [1.807, 2.05) is 49.5 Å². The summed E-state index contributed by atoms with van der Waals surface area (Å²) >= 11 is 6.15. The van der Waals surface area contributed by atoms with Gasteiger partial charge in [0.15, 0.2) is 5.15 Å². The third-order valence-corrected chi connectivity index (χ3v) is 4.56. The summed E-state index contributed by atoms with van der Waals surface area (Å²) in [6.45, 7) is 2.08. The van der Waals surface area contributed by atoms with Gasteiger partial charge in [0.05, 0.1) is 17.9 Å². The maximum atomic E-state index is 11.0. The van der Waals surface area contributed by atoms with E-state index < -0.39 is 5.97 Å². The van der Waals surface area contributed by atoms with Crippen LogP contribution in [0.5, 0.6) is 5.75 Å². The fraction of sp³-hybridized carbons (Fsp3) is 0.238. The molecule has 0 saturated carbocycles. The molecule has 0 aliphatic heterocycles. The number of carboxylic acid groups (broad SMARTS) is 1. The molecule has 0 fully saturated rings. The second kappa shape index (κ2) is 8.15. The highest BCUT2D eigenvalue weighted by molar-refractivity contribution is 6.34.